The zero-order valence-electron chi connectivity index (χ0n) is 8.26. The van der Waals surface area contributed by atoms with Crippen molar-refractivity contribution in [3.63, 3.8) is 0 Å². The van der Waals surface area contributed by atoms with Gasteiger partial charge in [-0.15, -0.1) is 0 Å². The smallest absolute Gasteiger partial charge is 0.304 e. The van der Waals surface area contributed by atoms with E-state index in [1.807, 2.05) is 0 Å². The summed E-state index contributed by atoms with van der Waals surface area (Å²) in [5, 5.41) is 18.9. The molecule has 0 radical (unpaired) electrons. The van der Waals surface area contributed by atoms with E-state index in [0.717, 1.165) is 0 Å². The van der Waals surface area contributed by atoms with Crippen molar-refractivity contribution in [1.82, 2.24) is 0 Å². The number of hydrogen-bond donors (Lipinski definition) is 1. The highest BCUT2D eigenvalue weighted by Crippen LogP contribution is 2.15. The minimum Gasteiger partial charge on any atom is -0.481 e. The van der Waals surface area contributed by atoms with Gasteiger partial charge in [0.15, 0.2) is 0 Å². The summed E-state index contributed by atoms with van der Waals surface area (Å²) >= 11 is 0. The Balaban J connectivity index is 4.53. The maximum atomic E-state index is 10.5. The number of allylic oxidation sites excluding steroid dienone is 3. The molecule has 0 aliphatic rings. The molecule has 5 nitrogen and oxygen atoms in total. The Morgan fingerprint density at radius 3 is 2.60 bits per heavy atom. The van der Waals surface area contributed by atoms with Crippen LogP contribution in [0.1, 0.15) is 6.42 Å². The molecule has 0 aromatic heterocycles. The van der Waals surface area contributed by atoms with Gasteiger partial charge < -0.3 is 5.11 Å². The van der Waals surface area contributed by atoms with Crippen LogP contribution in [0.2, 0.25) is 0 Å². The standard InChI is InChI=1S/C10H13NO4/c1-3-4-5-8(2)9(6-10(12)13)7-11(14)15/h3-5,9H,1-2,6-7H2,(H,12,13)/b5-4-. The van der Waals surface area contributed by atoms with E-state index in [0.29, 0.717) is 5.57 Å². The molecule has 0 aliphatic heterocycles. The summed E-state index contributed by atoms with van der Waals surface area (Å²) in [6.45, 7) is 6.61. The summed E-state index contributed by atoms with van der Waals surface area (Å²) in [6, 6.07) is 0. The van der Waals surface area contributed by atoms with Crippen LogP contribution < -0.4 is 0 Å². The summed E-state index contributed by atoms with van der Waals surface area (Å²) in [5.41, 5.74) is 0.425. The van der Waals surface area contributed by atoms with Crippen molar-refractivity contribution in [3.05, 3.63) is 47.1 Å². The van der Waals surface area contributed by atoms with Crippen molar-refractivity contribution in [2.75, 3.05) is 6.54 Å². The fraction of sp³-hybridized carbons (Fsp3) is 0.300. The van der Waals surface area contributed by atoms with E-state index in [9.17, 15) is 14.9 Å². The van der Waals surface area contributed by atoms with E-state index in [4.69, 9.17) is 5.11 Å². The summed E-state index contributed by atoms with van der Waals surface area (Å²) in [7, 11) is 0. The normalized spacial score (nSPS) is 12.3. The molecule has 0 bridgehead atoms. The van der Waals surface area contributed by atoms with Crippen LogP contribution in [-0.4, -0.2) is 22.5 Å². The van der Waals surface area contributed by atoms with Crippen molar-refractivity contribution in [2.24, 2.45) is 5.92 Å². The molecule has 0 heterocycles. The second kappa shape index (κ2) is 6.53. The highest BCUT2D eigenvalue weighted by molar-refractivity contribution is 5.67. The highest BCUT2D eigenvalue weighted by atomic mass is 16.6. The van der Waals surface area contributed by atoms with E-state index in [-0.39, 0.29) is 6.42 Å². The largest absolute Gasteiger partial charge is 0.481 e. The zero-order valence-corrected chi connectivity index (χ0v) is 8.26. The van der Waals surface area contributed by atoms with E-state index in [1.54, 1.807) is 6.08 Å². The number of nitro groups is 1. The van der Waals surface area contributed by atoms with Gasteiger partial charge >= 0.3 is 5.97 Å². The molecule has 0 saturated carbocycles. The molecule has 0 spiro atoms. The van der Waals surface area contributed by atoms with Gasteiger partial charge in [-0.05, 0) is 5.57 Å². The molecule has 0 aromatic rings. The number of carboxylic acid groups (broad SMARTS) is 1. The monoisotopic (exact) mass is 211 g/mol. The molecule has 15 heavy (non-hydrogen) atoms. The molecule has 0 saturated heterocycles. The van der Waals surface area contributed by atoms with Crippen molar-refractivity contribution in [2.45, 2.75) is 6.42 Å². The maximum Gasteiger partial charge on any atom is 0.304 e. The molecule has 1 unspecified atom stereocenters. The first-order chi connectivity index (χ1) is 6.97. The van der Waals surface area contributed by atoms with Crippen LogP contribution in [0.4, 0.5) is 0 Å². The highest BCUT2D eigenvalue weighted by Gasteiger charge is 2.20. The van der Waals surface area contributed by atoms with E-state index >= 15 is 0 Å². The molecule has 1 atom stereocenters. The van der Waals surface area contributed by atoms with Crippen LogP contribution in [0.15, 0.2) is 37.0 Å². The third-order valence-electron chi connectivity index (χ3n) is 1.76. The van der Waals surface area contributed by atoms with Gasteiger partial charge in [0.05, 0.1) is 12.3 Å². The van der Waals surface area contributed by atoms with Crippen LogP contribution in [0.3, 0.4) is 0 Å². The topological polar surface area (TPSA) is 80.4 Å². The average molecular weight is 211 g/mol. The van der Waals surface area contributed by atoms with Crippen LogP contribution in [0, 0.1) is 16.0 Å². The second-order valence-corrected chi connectivity index (χ2v) is 2.98. The molecular formula is C10H13NO4. The minimum atomic E-state index is -1.07. The summed E-state index contributed by atoms with van der Waals surface area (Å²) < 4.78 is 0. The minimum absolute atomic E-state index is 0.290. The SMILES string of the molecule is C=C/C=C\C(=C)C(CC(=O)O)C[N+](=O)[O-]. The fourth-order valence-corrected chi connectivity index (χ4v) is 1.03. The average Bonchev–Trinajstić information content (AvgIpc) is 2.11. The Morgan fingerprint density at radius 1 is 1.60 bits per heavy atom. The van der Waals surface area contributed by atoms with Crippen LogP contribution in [0.5, 0.6) is 0 Å². The van der Waals surface area contributed by atoms with Gasteiger partial charge in [0.1, 0.15) is 0 Å². The quantitative estimate of drug-likeness (QED) is 0.394. The first-order valence-corrected chi connectivity index (χ1v) is 4.28. The second-order valence-electron chi connectivity index (χ2n) is 2.98. The molecule has 0 amide bonds. The van der Waals surface area contributed by atoms with Crippen molar-refractivity contribution in [3.8, 4) is 0 Å². The number of carbonyl (C=O) groups is 1. The Labute approximate surface area is 87.6 Å². The first-order valence-electron chi connectivity index (χ1n) is 4.28. The van der Waals surface area contributed by atoms with Gasteiger partial charge in [0.2, 0.25) is 6.54 Å². The summed E-state index contributed by atoms with van der Waals surface area (Å²) in [4.78, 5) is 20.2. The number of aliphatic carboxylic acids is 1. The van der Waals surface area contributed by atoms with Gasteiger partial charge in [0, 0.05) is 4.92 Å². The number of carboxylic acids is 1. The lowest BCUT2D eigenvalue weighted by atomic mass is 9.96. The van der Waals surface area contributed by atoms with E-state index in [1.165, 1.54) is 12.2 Å². The fourth-order valence-electron chi connectivity index (χ4n) is 1.03. The number of rotatable bonds is 7. The van der Waals surface area contributed by atoms with Crippen LogP contribution >= 0.6 is 0 Å². The lowest BCUT2D eigenvalue weighted by Crippen LogP contribution is -2.18. The van der Waals surface area contributed by atoms with Crippen molar-refractivity contribution < 1.29 is 14.8 Å². The molecule has 0 aromatic carbocycles. The van der Waals surface area contributed by atoms with E-state index < -0.39 is 23.4 Å². The molecule has 82 valence electrons. The molecular weight excluding hydrogens is 198 g/mol. The van der Waals surface area contributed by atoms with Gasteiger partial charge in [-0.1, -0.05) is 31.4 Å². The molecule has 0 rings (SSSR count). The Hall–Kier alpha value is -1.91. The lowest BCUT2D eigenvalue weighted by molar-refractivity contribution is -0.486. The Morgan fingerprint density at radius 2 is 2.20 bits per heavy atom. The molecule has 5 heteroatoms. The van der Waals surface area contributed by atoms with Gasteiger partial charge in [-0.2, -0.15) is 0 Å². The van der Waals surface area contributed by atoms with Crippen molar-refractivity contribution >= 4 is 5.97 Å². The predicted octanol–water partition coefficient (Wildman–Crippen LogP) is 1.65. The van der Waals surface area contributed by atoms with Crippen molar-refractivity contribution in [1.29, 1.82) is 0 Å². The van der Waals surface area contributed by atoms with Gasteiger partial charge in [-0.3, -0.25) is 14.9 Å². The molecule has 0 fully saturated rings. The van der Waals surface area contributed by atoms with E-state index in [2.05, 4.69) is 13.2 Å². The van der Waals surface area contributed by atoms with Crippen LogP contribution in [0.25, 0.3) is 0 Å². The Bertz CT molecular complexity index is 291. The lowest BCUT2D eigenvalue weighted by Gasteiger charge is -2.09. The first kappa shape index (κ1) is 13.1. The van der Waals surface area contributed by atoms with Gasteiger partial charge in [0.25, 0.3) is 0 Å². The number of nitrogens with zero attached hydrogens (tertiary/aromatic N) is 1. The Kier molecular flexibility index (Phi) is 5.70. The maximum absolute atomic E-state index is 10.5. The summed E-state index contributed by atoms with van der Waals surface area (Å²) in [5.74, 6) is -1.75. The third-order valence-corrected chi connectivity index (χ3v) is 1.76. The van der Waals surface area contributed by atoms with Gasteiger partial charge in [-0.25, -0.2) is 0 Å². The third kappa shape index (κ3) is 6.20. The number of hydrogen-bond acceptors (Lipinski definition) is 3. The summed E-state index contributed by atoms with van der Waals surface area (Å²) in [6.07, 6.45) is 4.30. The predicted molar refractivity (Wildman–Crippen MR) is 56.1 cm³/mol. The van der Waals surface area contributed by atoms with Crippen LogP contribution in [-0.2, 0) is 4.79 Å². The molecule has 1 N–H and O–H groups in total. The zero-order chi connectivity index (χ0) is 11.8. The molecule has 0 aliphatic carbocycles.